The zero-order valence-electron chi connectivity index (χ0n) is 28.3. The number of morpholine rings is 1. The maximum Gasteiger partial charge on any atom is 0.170 e. The molecule has 8 aliphatic rings. The number of rotatable bonds is 5. The number of nitrogens with zero attached hydrogens (tertiary/aromatic N) is 1. The molecule has 0 radical (unpaired) electrons. The fourth-order valence-corrected chi connectivity index (χ4v) is 14.0. The van der Waals surface area contributed by atoms with E-state index in [2.05, 4.69) is 39.5 Å². The van der Waals surface area contributed by atoms with Crippen molar-refractivity contribution in [3.63, 3.8) is 0 Å². The molecule has 6 nitrogen and oxygen atoms in total. The van der Waals surface area contributed by atoms with Gasteiger partial charge in [-0.15, -0.1) is 0 Å². The van der Waals surface area contributed by atoms with Gasteiger partial charge in [0.2, 0.25) is 0 Å². The van der Waals surface area contributed by atoms with E-state index in [1.807, 2.05) is 13.8 Å². The van der Waals surface area contributed by atoms with Gasteiger partial charge >= 0.3 is 0 Å². The fraction of sp³-hybridized carbons (Fsp3) is 1.00. The fourth-order valence-electron chi connectivity index (χ4n) is 14.0. The number of hydrogen-bond donors (Lipinski definition) is 1. The second-order valence-corrected chi connectivity index (χ2v) is 18.7. The molecule has 0 bridgehead atoms. The average Bonchev–Trinajstić information content (AvgIpc) is 3.47. The zero-order valence-corrected chi connectivity index (χ0v) is 28.3. The minimum absolute atomic E-state index is 0.101. The van der Waals surface area contributed by atoms with E-state index in [1.54, 1.807) is 0 Å². The Bertz CT molecular complexity index is 1100. The van der Waals surface area contributed by atoms with E-state index >= 15 is 0 Å². The van der Waals surface area contributed by atoms with Crippen LogP contribution in [0.4, 0.5) is 0 Å². The van der Waals surface area contributed by atoms with Crippen molar-refractivity contribution in [3.05, 3.63) is 0 Å². The smallest absolute Gasteiger partial charge is 0.170 e. The molecule has 5 aliphatic carbocycles. The van der Waals surface area contributed by atoms with Crippen molar-refractivity contribution in [1.82, 2.24) is 4.90 Å². The van der Waals surface area contributed by atoms with Crippen LogP contribution in [0.25, 0.3) is 0 Å². The summed E-state index contributed by atoms with van der Waals surface area (Å²) in [5, 5.41) is 10.6. The van der Waals surface area contributed by atoms with Gasteiger partial charge in [-0.25, -0.2) is 0 Å². The van der Waals surface area contributed by atoms with E-state index < -0.39 is 5.60 Å². The second kappa shape index (κ2) is 9.66. The summed E-state index contributed by atoms with van der Waals surface area (Å²) >= 11 is 0. The summed E-state index contributed by atoms with van der Waals surface area (Å²) in [4.78, 5) is 2.53. The number of hydrogen-bond acceptors (Lipinski definition) is 6. The van der Waals surface area contributed by atoms with Crippen LogP contribution in [0.5, 0.6) is 0 Å². The Kier molecular flexibility index (Phi) is 6.76. The third kappa shape index (κ3) is 4.17. The van der Waals surface area contributed by atoms with Gasteiger partial charge in [0.05, 0.1) is 56.3 Å². The molecule has 6 heteroatoms. The van der Waals surface area contributed by atoms with E-state index in [-0.39, 0.29) is 23.9 Å². The molecule has 2 spiro atoms. The summed E-state index contributed by atoms with van der Waals surface area (Å²) in [5.41, 5.74) is 1.24. The Balaban J connectivity index is 1.00. The van der Waals surface area contributed by atoms with Crippen LogP contribution in [0.2, 0.25) is 0 Å². The molecule has 3 saturated heterocycles. The highest BCUT2D eigenvalue weighted by atomic mass is 16.7. The minimum atomic E-state index is -0.664. The lowest BCUT2D eigenvalue weighted by Gasteiger charge is -2.63. The van der Waals surface area contributed by atoms with Crippen molar-refractivity contribution in [2.45, 2.75) is 149 Å². The lowest BCUT2D eigenvalue weighted by molar-refractivity contribution is -0.255. The summed E-state index contributed by atoms with van der Waals surface area (Å²) in [6.45, 7) is 21.3. The van der Waals surface area contributed by atoms with Gasteiger partial charge < -0.3 is 24.1 Å². The van der Waals surface area contributed by atoms with E-state index in [4.69, 9.17) is 18.9 Å². The summed E-state index contributed by atoms with van der Waals surface area (Å²) in [6.07, 6.45) is 13.3. The van der Waals surface area contributed by atoms with Gasteiger partial charge in [0.25, 0.3) is 0 Å². The lowest BCUT2D eigenvalue weighted by atomic mass is 9.41. The highest BCUT2D eigenvalue weighted by Gasteiger charge is 2.83. The molecule has 0 amide bonds. The SMILES string of the molecule is C[C@@H]1C[C@H](CC(C)(C)O)O[C@@H]2C[C@@]3(C)C4CCC5C(C)(C)C(OC6CN(C7COC7)CCO6)CCC56CC46CCC3(C)C12. The third-order valence-electron chi connectivity index (χ3n) is 15.9. The van der Waals surface area contributed by atoms with Crippen LogP contribution in [0.3, 0.4) is 0 Å². The molecule has 0 aromatic heterocycles. The lowest BCUT2D eigenvalue weighted by Crippen LogP contribution is -2.59. The van der Waals surface area contributed by atoms with Crippen LogP contribution in [0, 0.1) is 50.7 Å². The van der Waals surface area contributed by atoms with Crippen LogP contribution >= 0.6 is 0 Å². The van der Waals surface area contributed by atoms with Gasteiger partial charge in [-0.05, 0) is 122 Å². The quantitative estimate of drug-likeness (QED) is 0.393. The first kappa shape index (κ1) is 30.1. The summed E-state index contributed by atoms with van der Waals surface area (Å²) < 4.78 is 25.6. The first-order valence-corrected chi connectivity index (χ1v) is 18.2. The van der Waals surface area contributed by atoms with Gasteiger partial charge in [0.1, 0.15) is 0 Å². The third-order valence-corrected chi connectivity index (χ3v) is 15.9. The molecule has 0 aromatic carbocycles. The zero-order chi connectivity index (χ0) is 30.2. The molecule has 244 valence electrons. The molecule has 3 aliphatic heterocycles. The molecular formula is C37H61NO5. The maximum atomic E-state index is 10.6. The Morgan fingerprint density at radius 2 is 1.70 bits per heavy atom. The van der Waals surface area contributed by atoms with Gasteiger partial charge in [-0.2, -0.15) is 0 Å². The molecular weight excluding hydrogens is 538 g/mol. The van der Waals surface area contributed by atoms with Gasteiger partial charge in [-0.3, -0.25) is 4.90 Å². The predicted octanol–water partition coefficient (Wildman–Crippen LogP) is 6.43. The molecule has 1 N–H and O–H groups in total. The van der Waals surface area contributed by atoms with Crippen LogP contribution in [-0.2, 0) is 18.9 Å². The molecule has 8 fully saturated rings. The summed E-state index contributed by atoms with van der Waals surface area (Å²) in [5.74, 6) is 2.88. The van der Waals surface area contributed by atoms with Crippen molar-refractivity contribution in [3.8, 4) is 0 Å². The van der Waals surface area contributed by atoms with Crippen molar-refractivity contribution >= 4 is 0 Å². The van der Waals surface area contributed by atoms with E-state index in [9.17, 15) is 5.11 Å². The molecule has 8 unspecified atom stereocenters. The normalized spacial score (nSPS) is 54.4. The van der Waals surface area contributed by atoms with Gasteiger partial charge in [0.15, 0.2) is 6.29 Å². The van der Waals surface area contributed by atoms with Crippen molar-refractivity contribution in [2.75, 3.05) is 32.9 Å². The highest BCUT2D eigenvalue weighted by molar-refractivity contribution is 5.31. The number of ether oxygens (including phenoxy) is 4. The van der Waals surface area contributed by atoms with Gasteiger partial charge in [0, 0.05) is 13.0 Å². The average molecular weight is 600 g/mol. The first-order chi connectivity index (χ1) is 20.2. The monoisotopic (exact) mass is 599 g/mol. The van der Waals surface area contributed by atoms with E-state index in [1.165, 1.54) is 51.4 Å². The van der Waals surface area contributed by atoms with Crippen molar-refractivity contribution in [2.24, 2.45) is 50.7 Å². The minimum Gasteiger partial charge on any atom is -0.390 e. The molecule has 43 heavy (non-hydrogen) atoms. The largest absolute Gasteiger partial charge is 0.390 e. The maximum absolute atomic E-state index is 10.6. The topological polar surface area (TPSA) is 60.4 Å². The van der Waals surface area contributed by atoms with E-state index in [0.29, 0.717) is 45.6 Å². The second-order valence-electron chi connectivity index (χ2n) is 18.7. The molecule has 8 rings (SSSR count). The number of fused-ring (bicyclic) bond motifs is 4. The molecule has 0 aromatic rings. The predicted molar refractivity (Wildman–Crippen MR) is 166 cm³/mol. The highest BCUT2D eigenvalue weighted by Crippen LogP contribution is 2.89. The van der Waals surface area contributed by atoms with Crippen LogP contribution < -0.4 is 0 Å². The first-order valence-electron chi connectivity index (χ1n) is 18.2. The molecule has 12 atom stereocenters. The summed E-state index contributed by atoms with van der Waals surface area (Å²) in [7, 11) is 0. The van der Waals surface area contributed by atoms with Gasteiger partial charge in [-0.1, -0.05) is 34.6 Å². The summed E-state index contributed by atoms with van der Waals surface area (Å²) in [6, 6.07) is 0.554. The van der Waals surface area contributed by atoms with Crippen molar-refractivity contribution in [1.29, 1.82) is 0 Å². The Morgan fingerprint density at radius 3 is 2.42 bits per heavy atom. The Hall–Kier alpha value is -0.240. The van der Waals surface area contributed by atoms with Crippen LogP contribution in [0.15, 0.2) is 0 Å². The van der Waals surface area contributed by atoms with Crippen LogP contribution in [-0.4, -0.2) is 79.2 Å². The van der Waals surface area contributed by atoms with Crippen LogP contribution in [0.1, 0.15) is 113 Å². The Morgan fingerprint density at radius 1 is 0.953 bits per heavy atom. The van der Waals surface area contributed by atoms with Crippen molar-refractivity contribution < 1.29 is 24.1 Å². The molecule has 5 saturated carbocycles. The number of aliphatic hydroxyl groups is 1. The Labute approximate surface area is 261 Å². The van der Waals surface area contributed by atoms with E-state index in [0.717, 1.165) is 57.6 Å². The standard InChI is InChI=1S/C37H61NO5/c1-23-16-25(17-32(2,3)39)42-26-18-35(7)28-9-8-27-33(4,5)29(43-30-19-38(14-15-41-30)24-20-40-21-24)10-11-36(27)22-37(28,36)13-12-34(35,6)31(23)26/h23-31,39H,8-22H2,1-7H3/t23-,25-,26-,27?,28?,29?,30?,31?,34?,35+,36?,37?/m1/s1. The molecule has 3 heterocycles.